The Bertz CT molecular complexity index is 691. The van der Waals surface area contributed by atoms with Crippen LogP contribution in [0.1, 0.15) is 41.6 Å². The van der Waals surface area contributed by atoms with Gasteiger partial charge < -0.3 is 9.42 Å². The molecule has 24 heavy (non-hydrogen) atoms. The van der Waals surface area contributed by atoms with Crippen LogP contribution in [0, 0.1) is 6.92 Å². The van der Waals surface area contributed by atoms with Crippen LogP contribution in [0.2, 0.25) is 0 Å². The normalized spacial score (nSPS) is 22.7. The molecule has 0 aliphatic carbocycles. The summed E-state index contributed by atoms with van der Waals surface area (Å²) in [6.07, 6.45) is 2.45. The van der Waals surface area contributed by atoms with Gasteiger partial charge in [0, 0.05) is 32.2 Å². The van der Waals surface area contributed by atoms with Crippen molar-refractivity contribution < 1.29 is 17.7 Å². The summed E-state index contributed by atoms with van der Waals surface area (Å²) in [6, 6.07) is 0.374. The number of aryl methyl sites for hydroxylation is 2. The fraction of sp³-hybridized carbons (Fsp3) is 0.750. The zero-order valence-corrected chi connectivity index (χ0v) is 15.1. The number of carbonyl (C=O) groups is 1. The number of hydrogen-bond acceptors (Lipinski definition) is 6. The molecule has 1 aromatic rings. The zero-order chi connectivity index (χ0) is 17.3. The SMILES string of the molecule is CCc1noc(C)c1C(=O)N1CCC(N2CCS(=O)(=O)CC2)CC1. The van der Waals surface area contributed by atoms with Gasteiger partial charge in [0.25, 0.3) is 5.91 Å². The third kappa shape index (κ3) is 3.49. The highest BCUT2D eigenvalue weighted by molar-refractivity contribution is 7.91. The molecule has 2 aliphatic heterocycles. The van der Waals surface area contributed by atoms with Gasteiger partial charge in [0.2, 0.25) is 0 Å². The van der Waals surface area contributed by atoms with Crippen molar-refractivity contribution in [1.82, 2.24) is 15.0 Å². The Labute approximate surface area is 142 Å². The van der Waals surface area contributed by atoms with Gasteiger partial charge in [-0.2, -0.15) is 0 Å². The van der Waals surface area contributed by atoms with Crippen molar-refractivity contribution in [3.8, 4) is 0 Å². The minimum absolute atomic E-state index is 0.00488. The van der Waals surface area contributed by atoms with Crippen molar-refractivity contribution >= 4 is 15.7 Å². The molecular formula is C16H25N3O4S. The van der Waals surface area contributed by atoms with Crippen LogP contribution in [0.25, 0.3) is 0 Å². The summed E-state index contributed by atoms with van der Waals surface area (Å²) >= 11 is 0. The highest BCUT2D eigenvalue weighted by atomic mass is 32.2. The van der Waals surface area contributed by atoms with Gasteiger partial charge in [-0.25, -0.2) is 8.42 Å². The number of likely N-dealkylation sites (tertiary alicyclic amines) is 1. The molecule has 3 rings (SSSR count). The maximum absolute atomic E-state index is 12.8. The molecule has 1 aromatic heterocycles. The summed E-state index contributed by atoms with van der Waals surface area (Å²) in [5.74, 6) is 1.10. The molecular weight excluding hydrogens is 330 g/mol. The van der Waals surface area contributed by atoms with Crippen LogP contribution in [0.3, 0.4) is 0 Å². The van der Waals surface area contributed by atoms with Crippen LogP contribution < -0.4 is 0 Å². The lowest BCUT2D eigenvalue weighted by molar-refractivity contribution is 0.0627. The molecule has 1 amide bonds. The van der Waals surface area contributed by atoms with Crippen molar-refractivity contribution in [3.05, 3.63) is 17.0 Å². The second-order valence-electron chi connectivity index (χ2n) is 6.63. The molecule has 0 saturated carbocycles. The molecule has 0 unspecified atom stereocenters. The number of hydrogen-bond donors (Lipinski definition) is 0. The van der Waals surface area contributed by atoms with E-state index in [1.807, 2.05) is 11.8 Å². The third-order valence-electron chi connectivity index (χ3n) is 5.13. The van der Waals surface area contributed by atoms with E-state index in [4.69, 9.17) is 4.52 Å². The first kappa shape index (κ1) is 17.4. The molecule has 2 fully saturated rings. The van der Waals surface area contributed by atoms with Crippen molar-refractivity contribution in [1.29, 1.82) is 0 Å². The fourth-order valence-corrected chi connectivity index (χ4v) is 4.85. The molecule has 0 spiro atoms. The Morgan fingerprint density at radius 1 is 1.21 bits per heavy atom. The number of sulfone groups is 1. The van der Waals surface area contributed by atoms with Crippen LogP contribution in [-0.2, 0) is 16.3 Å². The van der Waals surface area contributed by atoms with Gasteiger partial charge in [-0.05, 0) is 26.2 Å². The van der Waals surface area contributed by atoms with E-state index >= 15 is 0 Å². The summed E-state index contributed by atoms with van der Waals surface area (Å²) in [5.41, 5.74) is 1.33. The minimum atomic E-state index is -2.84. The molecule has 0 atom stereocenters. The second-order valence-corrected chi connectivity index (χ2v) is 8.93. The lowest BCUT2D eigenvalue weighted by Crippen LogP contribution is -2.51. The van der Waals surface area contributed by atoms with Crippen molar-refractivity contribution in [2.45, 2.75) is 39.2 Å². The number of carbonyl (C=O) groups excluding carboxylic acids is 1. The molecule has 0 N–H and O–H groups in total. The van der Waals surface area contributed by atoms with Crippen LogP contribution in [0.5, 0.6) is 0 Å². The van der Waals surface area contributed by atoms with E-state index in [1.165, 1.54) is 0 Å². The number of aromatic nitrogens is 1. The Kier molecular flexibility index (Phi) is 4.96. The number of nitrogens with zero attached hydrogens (tertiary/aromatic N) is 3. The van der Waals surface area contributed by atoms with Crippen molar-refractivity contribution in [2.75, 3.05) is 37.7 Å². The highest BCUT2D eigenvalue weighted by Gasteiger charge is 2.32. The van der Waals surface area contributed by atoms with E-state index < -0.39 is 9.84 Å². The largest absolute Gasteiger partial charge is 0.361 e. The first-order chi connectivity index (χ1) is 11.4. The number of amides is 1. The Balaban J connectivity index is 1.59. The lowest BCUT2D eigenvalue weighted by Gasteiger charge is -2.40. The highest BCUT2D eigenvalue weighted by Crippen LogP contribution is 2.23. The quantitative estimate of drug-likeness (QED) is 0.800. The Morgan fingerprint density at radius 3 is 2.42 bits per heavy atom. The van der Waals surface area contributed by atoms with Gasteiger partial charge in [0.1, 0.15) is 11.3 Å². The standard InChI is InChI=1S/C16H25N3O4S/c1-3-14-15(12(2)23-17-14)16(20)19-6-4-13(5-7-19)18-8-10-24(21,22)11-9-18/h13H,3-11H2,1-2H3. The topological polar surface area (TPSA) is 83.7 Å². The summed E-state index contributed by atoms with van der Waals surface area (Å²) < 4.78 is 28.3. The van der Waals surface area contributed by atoms with Crippen LogP contribution in [0.4, 0.5) is 0 Å². The van der Waals surface area contributed by atoms with Gasteiger partial charge in [-0.15, -0.1) is 0 Å². The maximum Gasteiger partial charge on any atom is 0.259 e. The Hall–Kier alpha value is -1.41. The van der Waals surface area contributed by atoms with Gasteiger partial charge in [0.15, 0.2) is 9.84 Å². The van der Waals surface area contributed by atoms with Crippen LogP contribution in [0.15, 0.2) is 4.52 Å². The average Bonchev–Trinajstić information content (AvgIpc) is 2.95. The van der Waals surface area contributed by atoms with E-state index in [1.54, 1.807) is 6.92 Å². The zero-order valence-electron chi connectivity index (χ0n) is 14.3. The minimum Gasteiger partial charge on any atom is -0.361 e. The van der Waals surface area contributed by atoms with Crippen molar-refractivity contribution in [2.24, 2.45) is 0 Å². The van der Waals surface area contributed by atoms with Crippen molar-refractivity contribution in [3.63, 3.8) is 0 Å². The fourth-order valence-electron chi connectivity index (χ4n) is 3.62. The van der Waals surface area contributed by atoms with E-state index in [0.717, 1.165) is 18.5 Å². The molecule has 0 radical (unpaired) electrons. The Morgan fingerprint density at radius 2 is 1.83 bits per heavy atom. The van der Waals surface area contributed by atoms with E-state index in [-0.39, 0.29) is 17.4 Å². The molecule has 8 heteroatoms. The smallest absolute Gasteiger partial charge is 0.259 e. The first-order valence-corrected chi connectivity index (χ1v) is 10.4. The lowest BCUT2D eigenvalue weighted by atomic mass is 10.0. The monoisotopic (exact) mass is 355 g/mol. The summed E-state index contributed by atoms with van der Waals surface area (Å²) in [5, 5.41) is 3.96. The van der Waals surface area contributed by atoms with Gasteiger partial charge in [-0.1, -0.05) is 12.1 Å². The molecule has 3 heterocycles. The first-order valence-electron chi connectivity index (χ1n) is 8.60. The van der Waals surface area contributed by atoms with E-state index in [0.29, 0.717) is 50.0 Å². The molecule has 2 saturated heterocycles. The molecule has 7 nitrogen and oxygen atoms in total. The molecule has 134 valence electrons. The summed E-state index contributed by atoms with van der Waals surface area (Å²) in [4.78, 5) is 16.9. The van der Waals surface area contributed by atoms with Gasteiger partial charge in [-0.3, -0.25) is 9.69 Å². The number of rotatable bonds is 3. The van der Waals surface area contributed by atoms with Crippen LogP contribution >= 0.6 is 0 Å². The second kappa shape index (κ2) is 6.84. The molecule has 0 aromatic carbocycles. The van der Waals surface area contributed by atoms with E-state index in [9.17, 15) is 13.2 Å². The molecule has 0 bridgehead atoms. The third-order valence-corrected chi connectivity index (χ3v) is 6.74. The van der Waals surface area contributed by atoms with Crippen LogP contribution in [-0.4, -0.2) is 73.0 Å². The summed E-state index contributed by atoms with van der Waals surface area (Å²) in [7, 11) is -2.84. The van der Waals surface area contributed by atoms with E-state index in [2.05, 4.69) is 10.1 Å². The summed E-state index contributed by atoms with van der Waals surface area (Å²) in [6.45, 7) is 6.36. The number of piperidine rings is 1. The van der Waals surface area contributed by atoms with Gasteiger partial charge >= 0.3 is 0 Å². The molecule has 2 aliphatic rings. The maximum atomic E-state index is 12.8. The predicted octanol–water partition coefficient (Wildman–Crippen LogP) is 0.880. The average molecular weight is 355 g/mol. The predicted molar refractivity (Wildman–Crippen MR) is 89.8 cm³/mol. The van der Waals surface area contributed by atoms with Gasteiger partial charge in [0.05, 0.1) is 17.2 Å².